The van der Waals surface area contributed by atoms with E-state index >= 15 is 0 Å². The van der Waals surface area contributed by atoms with Crippen LogP contribution < -0.4 is 10.2 Å². The molecule has 0 aliphatic rings. The van der Waals surface area contributed by atoms with Crippen molar-refractivity contribution < 1.29 is 8.42 Å². The van der Waals surface area contributed by atoms with Crippen molar-refractivity contribution in [3.05, 3.63) is 11.1 Å². The predicted molar refractivity (Wildman–Crippen MR) is 77.2 cm³/mol. The molecule has 1 atom stereocenters. The average Bonchev–Trinajstić information content (AvgIpc) is 2.74. The maximum atomic E-state index is 11.1. The first kappa shape index (κ1) is 15.4. The molecule has 1 aromatic heterocycles. The number of hydrogen-bond donors (Lipinski definition) is 1. The minimum atomic E-state index is -2.92. The second-order valence-electron chi connectivity index (χ2n) is 4.38. The largest absolute Gasteiger partial charge is 0.350 e. The van der Waals surface area contributed by atoms with Crippen LogP contribution in [0.15, 0.2) is 6.20 Å². The molecule has 7 heteroatoms. The zero-order valence-electron chi connectivity index (χ0n) is 11.3. The minimum Gasteiger partial charge on any atom is -0.350 e. The molecule has 1 heterocycles. The van der Waals surface area contributed by atoms with Gasteiger partial charge in [0.2, 0.25) is 0 Å². The molecule has 0 aliphatic heterocycles. The van der Waals surface area contributed by atoms with Crippen LogP contribution in [0.3, 0.4) is 0 Å². The predicted octanol–water partition coefficient (Wildman–Crippen LogP) is 1.29. The Balaban J connectivity index is 2.62. The van der Waals surface area contributed by atoms with Crippen molar-refractivity contribution in [2.45, 2.75) is 19.9 Å². The van der Waals surface area contributed by atoms with Crippen LogP contribution in [0.5, 0.6) is 0 Å². The van der Waals surface area contributed by atoms with Crippen LogP contribution in [-0.4, -0.2) is 45.5 Å². The third kappa shape index (κ3) is 4.91. The lowest BCUT2D eigenvalue weighted by Crippen LogP contribution is -2.24. The van der Waals surface area contributed by atoms with E-state index in [1.54, 1.807) is 11.3 Å². The zero-order valence-corrected chi connectivity index (χ0v) is 12.9. The third-order valence-electron chi connectivity index (χ3n) is 2.57. The molecule has 0 saturated carbocycles. The summed E-state index contributed by atoms with van der Waals surface area (Å²) in [6.45, 7) is 5.55. The number of sulfone groups is 1. The summed E-state index contributed by atoms with van der Waals surface area (Å²) in [5, 5.41) is 4.19. The fraction of sp³-hybridized carbons (Fsp3) is 0.727. The van der Waals surface area contributed by atoms with Gasteiger partial charge in [-0.25, -0.2) is 13.4 Å². The molecule has 0 bridgehead atoms. The highest BCUT2D eigenvalue weighted by atomic mass is 32.2. The van der Waals surface area contributed by atoms with Crippen molar-refractivity contribution in [2.24, 2.45) is 0 Å². The van der Waals surface area contributed by atoms with Crippen molar-refractivity contribution in [2.75, 3.05) is 37.0 Å². The lowest BCUT2D eigenvalue weighted by Gasteiger charge is -2.14. The maximum absolute atomic E-state index is 11.1. The SMILES string of the molecule is CCNC(C)c1cnc(N(C)CCS(C)(=O)=O)s1. The minimum absolute atomic E-state index is 0.154. The summed E-state index contributed by atoms with van der Waals surface area (Å²) in [6.07, 6.45) is 3.10. The third-order valence-corrected chi connectivity index (χ3v) is 4.79. The van der Waals surface area contributed by atoms with Crippen molar-refractivity contribution in [3.63, 3.8) is 0 Å². The summed E-state index contributed by atoms with van der Waals surface area (Å²) in [7, 11) is -1.06. The van der Waals surface area contributed by atoms with E-state index < -0.39 is 9.84 Å². The van der Waals surface area contributed by atoms with Crippen LogP contribution in [0.2, 0.25) is 0 Å². The van der Waals surface area contributed by atoms with Gasteiger partial charge in [0.25, 0.3) is 0 Å². The van der Waals surface area contributed by atoms with E-state index in [2.05, 4.69) is 24.1 Å². The summed E-state index contributed by atoms with van der Waals surface area (Å²) < 4.78 is 22.2. The summed E-state index contributed by atoms with van der Waals surface area (Å²) in [6, 6.07) is 0.282. The molecule has 0 spiro atoms. The van der Waals surface area contributed by atoms with E-state index in [9.17, 15) is 8.42 Å². The topological polar surface area (TPSA) is 62.3 Å². The molecule has 0 radical (unpaired) electrons. The first-order valence-corrected chi connectivity index (χ1v) is 8.79. The summed E-state index contributed by atoms with van der Waals surface area (Å²) in [4.78, 5) is 7.38. The summed E-state index contributed by atoms with van der Waals surface area (Å²) in [5.41, 5.74) is 0. The molecule has 0 fully saturated rings. The average molecular weight is 291 g/mol. The number of hydrogen-bond acceptors (Lipinski definition) is 6. The Bertz CT molecular complexity index is 470. The monoisotopic (exact) mass is 291 g/mol. The summed E-state index contributed by atoms with van der Waals surface area (Å²) in [5.74, 6) is 0.154. The zero-order chi connectivity index (χ0) is 13.8. The number of nitrogens with zero attached hydrogens (tertiary/aromatic N) is 2. The molecular formula is C11H21N3O2S2. The van der Waals surface area contributed by atoms with Crippen molar-refractivity contribution in [3.8, 4) is 0 Å². The Morgan fingerprint density at radius 2 is 2.22 bits per heavy atom. The van der Waals surface area contributed by atoms with Gasteiger partial charge in [-0.1, -0.05) is 6.92 Å². The highest BCUT2D eigenvalue weighted by molar-refractivity contribution is 7.90. The highest BCUT2D eigenvalue weighted by Gasteiger charge is 2.12. The van der Waals surface area contributed by atoms with Crippen LogP contribution in [-0.2, 0) is 9.84 Å². The summed E-state index contributed by atoms with van der Waals surface area (Å²) >= 11 is 1.60. The lowest BCUT2D eigenvalue weighted by atomic mass is 10.3. The Kier molecular flexibility index (Phi) is 5.55. The fourth-order valence-electron chi connectivity index (χ4n) is 1.46. The fourth-order valence-corrected chi connectivity index (χ4v) is 2.99. The van der Waals surface area contributed by atoms with E-state index in [1.165, 1.54) is 6.26 Å². The molecular weight excluding hydrogens is 270 g/mol. The van der Waals surface area contributed by atoms with Gasteiger partial charge < -0.3 is 10.2 Å². The molecule has 104 valence electrons. The smallest absolute Gasteiger partial charge is 0.185 e. The molecule has 1 rings (SSSR count). The lowest BCUT2D eigenvalue weighted by molar-refractivity contribution is 0.601. The van der Waals surface area contributed by atoms with Crippen LogP contribution in [0.4, 0.5) is 5.13 Å². The van der Waals surface area contributed by atoms with Gasteiger partial charge in [0.05, 0.1) is 5.75 Å². The van der Waals surface area contributed by atoms with Crippen molar-refractivity contribution >= 4 is 26.3 Å². The number of nitrogens with one attached hydrogen (secondary N) is 1. The van der Waals surface area contributed by atoms with Crippen LogP contribution in [0, 0.1) is 0 Å². The van der Waals surface area contributed by atoms with Gasteiger partial charge in [0, 0.05) is 37.0 Å². The molecule has 5 nitrogen and oxygen atoms in total. The van der Waals surface area contributed by atoms with Crippen molar-refractivity contribution in [1.29, 1.82) is 0 Å². The van der Waals surface area contributed by atoms with Gasteiger partial charge in [-0.05, 0) is 13.5 Å². The van der Waals surface area contributed by atoms with Crippen LogP contribution in [0.25, 0.3) is 0 Å². The Hall–Kier alpha value is -0.660. The van der Waals surface area contributed by atoms with Gasteiger partial charge in [0.15, 0.2) is 5.13 Å². The van der Waals surface area contributed by atoms with E-state index in [1.807, 2.05) is 18.1 Å². The molecule has 18 heavy (non-hydrogen) atoms. The Morgan fingerprint density at radius 3 is 2.78 bits per heavy atom. The molecule has 1 N–H and O–H groups in total. The van der Waals surface area contributed by atoms with E-state index in [0.29, 0.717) is 6.54 Å². The number of anilines is 1. The van der Waals surface area contributed by atoms with E-state index in [4.69, 9.17) is 0 Å². The quantitative estimate of drug-likeness (QED) is 0.820. The maximum Gasteiger partial charge on any atom is 0.185 e. The van der Waals surface area contributed by atoms with E-state index in [-0.39, 0.29) is 11.8 Å². The first-order valence-electron chi connectivity index (χ1n) is 5.91. The van der Waals surface area contributed by atoms with Gasteiger partial charge >= 0.3 is 0 Å². The van der Waals surface area contributed by atoms with Crippen molar-refractivity contribution in [1.82, 2.24) is 10.3 Å². The molecule has 0 aromatic carbocycles. The second-order valence-corrected chi connectivity index (χ2v) is 7.68. The molecule has 1 unspecified atom stereocenters. The van der Waals surface area contributed by atoms with Gasteiger partial charge in [-0.2, -0.15) is 0 Å². The van der Waals surface area contributed by atoms with E-state index in [0.717, 1.165) is 16.6 Å². The molecule has 0 saturated heterocycles. The second kappa shape index (κ2) is 6.49. The van der Waals surface area contributed by atoms with Gasteiger partial charge in [0.1, 0.15) is 9.84 Å². The van der Waals surface area contributed by atoms with Gasteiger partial charge in [-0.3, -0.25) is 0 Å². The molecule has 1 aromatic rings. The molecule has 0 amide bonds. The number of thiazole rings is 1. The van der Waals surface area contributed by atoms with Crippen LogP contribution >= 0.6 is 11.3 Å². The Labute approximate surface area is 113 Å². The normalized spacial score (nSPS) is 13.6. The number of rotatable bonds is 7. The van der Waals surface area contributed by atoms with Gasteiger partial charge in [-0.15, -0.1) is 11.3 Å². The first-order chi connectivity index (χ1) is 8.33. The Morgan fingerprint density at radius 1 is 1.56 bits per heavy atom. The standard InChI is InChI=1S/C11H21N3O2S2/c1-5-12-9(2)10-8-13-11(17-10)14(3)6-7-18(4,15)16/h8-9,12H,5-7H2,1-4H3. The number of aromatic nitrogens is 1. The van der Waals surface area contributed by atoms with Crippen LogP contribution in [0.1, 0.15) is 24.8 Å². The molecule has 0 aliphatic carbocycles. The highest BCUT2D eigenvalue weighted by Crippen LogP contribution is 2.26.